The fourth-order valence-corrected chi connectivity index (χ4v) is 3.61. The van der Waals surface area contributed by atoms with Crippen molar-refractivity contribution in [2.45, 2.75) is 20.8 Å². The molecule has 0 unspecified atom stereocenters. The molecule has 3 rings (SSSR count). The number of carbonyl (C=O) groups excluding carboxylic acids is 1. The average molecular weight is 384 g/mol. The number of hydrogen-bond acceptors (Lipinski definition) is 3. The molecule has 0 aliphatic carbocycles. The van der Waals surface area contributed by atoms with Crippen molar-refractivity contribution < 1.29 is 9.18 Å². The molecule has 1 aliphatic heterocycles. The van der Waals surface area contributed by atoms with E-state index in [-0.39, 0.29) is 11.8 Å². The first-order valence-electron chi connectivity index (χ1n) is 9.93. The van der Waals surface area contributed by atoms with Crippen molar-refractivity contribution in [3.8, 4) is 0 Å². The number of carbonyl (C=O) groups is 1. The van der Waals surface area contributed by atoms with Crippen molar-refractivity contribution in [1.29, 1.82) is 0 Å². The molecule has 2 aromatic rings. The first-order valence-corrected chi connectivity index (χ1v) is 9.93. The smallest absolute Gasteiger partial charge is 0.321 e. The minimum Gasteiger partial charge on any atom is -0.372 e. The monoisotopic (exact) mass is 384 g/mol. The standard InChI is InChI=1S/C22H29FN4O/c1-4-25(5-2)20-9-10-21(17(3)15-20)24-22(28)27-13-11-26(12-14-27)19-8-6-7-18(23)16-19/h6-10,15-16H,4-5,11-14H2,1-3H3,(H,24,28). The second kappa shape index (κ2) is 8.95. The van der Waals surface area contributed by atoms with Gasteiger partial charge in [0.2, 0.25) is 0 Å². The summed E-state index contributed by atoms with van der Waals surface area (Å²) in [5, 5.41) is 3.04. The van der Waals surface area contributed by atoms with Crippen LogP contribution in [0.3, 0.4) is 0 Å². The molecule has 0 atom stereocenters. The van der Waals surface area contributed by atoms with Crippen molar-refractivity contribution in [3.05, 3.63) is 53.8 Å². The topological polar surface area (TPSA) is 38.8 Å². The Bertz CT molecular complexity index is 814. The van der Waals surface area contributed by atoms with Gasteiger partial charge in [0, 0.05) is 56.3 Å². The zero-order chi connectivity index (χ0) is 20.1. The van der Waals surface area contributed by atoms with Gasteiger partial charge in [-0.3, -0.25) is 0 Å². The lowest BCUT2D eigenvalue weighted by atomic mass is 10.1. The summed E-state index contributed by atoms with van der Waals surface area (Å²) >= 11 is 0. The van der Waals surface area contributed by atoms with Crippen LogP contribution in [0.2, 0.25) is 0 Å². The quantitative estimate of drug-likeness (QED) is 0.834. The Labute approximate surface area is 166 Å². The number of urea groups is 1. The van der Waals surface area contributed by atoms with Crippen molar-refractivity contribution in [1.82, 2.24) is 4.90 Å². The summed E-state index contributed by atoms with van der Waals surface area (Å²) in [6.07, 6.45) is 0. The van der Waals surface area contributed by atoms with E-state index in [0.29, 0.717) is 26.2 Å². The average Bonchev–Trinajstić information content (AvgIpc) is 2.71. The van der Waals surface area contributed by atoms with Gasteiger partial charge in [-0.15, -0.1) is 0 Å². The Morgan fingerprint density at radius 3 is 2.39 bits per heavy atom. The highest BCUT2D eigenvalue weighted by Crippen LogP contribution is 2.23. The SMILES string of the molecule is CCN(CC)c1ccc(NC(=O)N2CCN(c3cccc(F)c3)CC2)c(C)c1. The zero-order valence-electron chi connectivity index (χ0n) is 16.9. The highest BCUT2D eigenvalue weighted by Gasteiger charge is 2.22. The molecule has 150 valence electrons. The van der Waals surface area contributed by atoms with Gasteiger partial charge in [0.25, 0.3) is 0 Å². The zero-order valence-corrected chi connectivity index (χ0v) is 16.9. The number of rotatable bonds is 5. The number of anilines is 3. The van der Waals surface area contributed by atoms with Gasteiger partial charge in [0.15, 0.2) is 0 Å². The number of aryl methyl sites for hydroxylation is 1. The molecular formula is C22H29FN4O. The molecule has 0 radical (unpaired) electrons. The Hall–Kier alpha value is -2.76. The second-order valence-electron chi connectivity index (χ2n) is 7.06. The molecule has 28 heavy (non-hydrogen) atoms. The van der Waals surface area contributed by atoms with Gasteiger partial charge in [-0.25, -0.2) is 9.18 Å². The molecule has 1 fully saturated rings. The molecule has 0 aromatic heterocycles. The molecule has 2 amide bonds. The van der Waals surface area contributed by atoms with E-state index in [0.717, 1.165) is 30.0 Å². The third kappa shape index (κ3) is 4.55. The van der Waals surface area contributed by atoms with E-state index < -0.39 is 0 Å². The van der Waals surface area contributed by atoms with E-state index >= 15 is 0 Å². The Kier molecular flexibility index (Phi) is 6.39. The van der Waals surface area contributed by atoms with Crippen LogP contribution in [0.1, 0.15) is 19.4 Å². The van der Waals surface area contributed by atoms with Gasteiger partial charge in [-0.1, -0.05) is 6.07 Å². The van der Waals surface area contributed by atoms with Gasteiger partial charge in [0.1, 0.15) is 5.82 Å². The van der Waals surface area contributed by atoms with Crippen LogP contribution in [0.5, 0.6) is 0 Å². The number of piperazine rings is 1. The minimum absolute atomic E-state index is 0.0856. The predicted molar refractivity (Wildman–Crippen MR) is 114 cm³/mol. The second-order valence-corrected chi connectivity index (χ2v) is 7.06. The van der Waals surface area contributed by atoms with Crippen LogP contribution in [-0.2, 0) is 0 Å². The van der Waals surface area contributed by atoms with E-state index in [2.05, 4.69) is 41.1 Å². The van der Waals surface area contributed by atoms with Gasteiger partial charge in [0.05, 0.1) is 0 Å². The highest BCUT2D eigenvalue weighted by atomic mass is 19.1. The van der Waals surface area contributed by atoms with Crippen LogP contribution >= 0.6 is 0 Å². The van der Waals surface area contributed by atoms with Gasteiger partial charge in [-0.2, -0.15) is 0 Å². The number of hydrogen-bond donors (Lipinski definition) is 1. The van der Waals surface area contributed by atoms with E-state index in [4.69, 9.17) is 0 Å². The molecule has 2 aromatic carbocycles. The lowest BCUT2D eigenvalue weighted by molar-refractivity contribution is 0.208. The first-order chi connectivity index (χ1) is 13.5. The van der Waals surface area contributed by atoms with E-state index in [1.165, 1.54) is 17.8 Å². The molecule has 0 saturated carbocycles. The number of benzene rings is 2. The van der Waals surface area contributed by atoms with Crippen LogP contribution in [0, 0.1) is 12.7 Å². The minimum atomic E-state index is -0.235. The Morgan fingerprint density at radius 2 is 1.79 bits per heavy atom. The fourth-order valence-electron chi connectivity index (χ4n) is 3.61. The van der Waals surface area contributed by atoms with Crippen LogP contribution in [0.15, 0.2) is 42.5 Å². The summed E-state index contributed by atoms with van der Waals surface area (Å²) in [5.74, 6) is -0.235. The summed E-state index contributed by atoms with van der Waals surface area (Å²) in [7, 11) is 0. The number of nitrogens with one attached hydrogen (secondary N) is 1. The maximum atomic E-state index is 13.4. The summed E-state index contributed by atoms with van der Waals surface area (Å²) in [6, 6.07) is 12.7. The van der Waals surface area contributed by atoms with Crippen LogP contribution in [0.4, 0.5) is 26.2 Å². The Balaban J connectivity index is 1.59. The third-order valence-electron chi connectivity index (χ3n) is 5.32. The van der Waals surface area contributed by atoms with Crippen LogP contribution < -0.4 is 15.1 Å². The highest BCUT2D eigenvalue weighted by molar-refractivity contribution is 5.90. The summed E-state index contributed by atoms with van der Waals surface area (Å²) in [5.41, 5.74) is 3.93. The Morgan fingerprint density at radius 1 is 1.07 bits per heavy atom. The molecule has 5 nitrogen and oxygen atoms in total. The van der Waals surface area contributed by atoms with Gasteiger partial charge in [-0.05, 0) is 62.7 Å². The number of halogens is 1. The van der Waals surface area contributed by atoms with E-state index in [9.17, 15) is 9.18 Å². The van der Waals surface area contributed by atoms with Crippen LogP contribution in [0.25, 0.3) is 0 Å². The van der Waals surface area contributed by atoms with Crippen molar-refractivity contribution >= 4 is 23.1 Å². The van der Waals surface area contributed by atoms with Crippen molar-refractivity contribution in [3.63, 3.8) is 0 Å². The largest absolute Gasteiger partial charge is 0.372 e. The maximum absolute atomic E-state index is 13.4. The first kappa shape index (κ1) is 20.0. The lowest BCUT2D eigenvalue weighted by Crippen LogP contribution is -2.50. The summed E-state index contributed by atoms with van der Waals surface area (Å²) < 4.78 is 13.4. The normalized spacial score (nSPS) is 14.1. The van der Waals surface area contributed by atoms with Gasteiger partial charge < -0.3 is 20.0 Å². The number of amides is 2. The molecule has 6 heteroatoms. The number of nitrogens with zero attached hydrogens (tertiary/aromatic N) is 3. The van der Waals surface area contributed by atoms with Crippen LogP contribution in [-0.4, -0.2) is 50.2 Å². The molecule has 1 heterocycles. The van der Waals surface area contributed by atoms with Crippen molar-refractivity contribution in [2.24, 2.45) is 0 Å². The predicted octanol–water partition coefficient (Wildman–Crippen LogP) is 4.33. The van der Waals surface area contributed by atoms with Gasteiger partial charge >= 0.3 is 6.03 Å². The molecule has 1 N–H and O–H groups in total. The third-order valence-corrected chi connectivity index (χ3v) is 5.32. The molecule has 0 bridgehead atoms. The summed E-state index contributed by atoms with van der Waals surface area (Å²) in [4.78, 5) is 18.9. The molecular weight excluding hydrogens is 355 g/mol. The van der Waals surface area contributed by atoms with E-state index in [1.807, 2.05) is 24.0 Å². The maximum Gasteiger partial charge on any atom is 0.321 e. The van der Waals surface area contributed by atoms with E-state index in [1.54, 1.807) is 6.07 Å². The van der Waals surface area contributed by atoms with Crippen molar-refractivity contribution in [2.75, 3.05) is 54.4 Å². The molecule has 1 saturated heterocycles. The molecule has 1 aliphatic rings. The fraction of sp³-hybridized carbons (Fsp3) is 0.409. The molecule has 0 spiro atoms. The summed E-state index contributed by atoms with van der Waals surface area (Å²) in [6.45, 7) is 10.8. The lowest BCUT2D eigenvalue weighted by Gasteiger charge is -2.36.